The number of methoxy groups -OCH3 is 3. The molecular formula is C24H26N2O4S. The molecule has 0 radical (unpaired) electrons. The zero-order chi connectivity index (χ0) is 22.0. The van der Waals surface area contributed by atoms with Crippen molar-refractivity contribution in [3.8, 4) is 27.8 Å². The van der Waals surface area contributed by atoms with Crippen LogP contribution in [0.3, 0.4) is 0 Å². The monoisotopic (exact) mass is 438 g/mol. The number of aromatic nitrogens is 1. The summed E-state index contributed by atoms with van der Waals surface area (Å²) in [6.45, 7) is 2.64. The van der Waals surface area contributed by atoms with E-state index in [1.807, 2.05) is 54.3 Å². The molecule has 0 spiro atoms. The second-order valence-corrected chi connectivity index (χ2v) is 8.43. The summed E-state index contributed by atoms with van der Waals surface area (Å²) in [5.74, 6) is 2.16. The number of thiazole rings is 1. The molecular weight excluding hydrogens is 412 g/mol. The summed E-state index contributed by atoms with van der Waals surface area (Å²) in [5.41, 5.74) is 2.78. The van der Waals surface area contributed by atoms with Gasteiger partial charge in [-0.2, -0.15) is 0 Å². The normalized spacial score (nSPS) is 15.7. The molecule has 0 N–H and O–H groups in total. The van der Waals surface area contributed by atoms with Crippen molar-refractivity contribution < 1.29 is 19.0 Å². The second-order valence-electron chi connectivity index (χ2n) is 7.43. The Bertz CT molecular complexity index is 1080. The molecule has 31 heavy (non-hydrogen) atoms. The van der Waals surface area contributed by atoms with Crippen LogP contribution in [0.25, 0.3) is 10.6 Å². The van der Waals surface area contributed by atoms with Crippen LogP contribution in [0.1, 0.15) is 39.8 Å². The molecule has 1 amide bonds. The fraction of sp³-hybridized carbons (Fsp3) is 0.333. The Morgan fingerprint density at radius 3 is 2.45 bits per heavy atom. The Labute approximate surface area is 186 Å². The Kier molecular flexibility index (Phi) is 6.13. The fourth-order valence-electron chi connectivity index (χ4n) is 4.00. The van der Waals surface area contributed by atoms with Crippen molar-refractivity contribution in [2.45, 2.75) is 25.8 Å². The lowest BCUT2D eigenvalue weighted by molar-refractivity contribution is 0.0739. The number of hydrogen-bond donors (Lipinski definition) is 0. The quantitative estimate of drug-likeness (QED) is 0.534. The summed E-state index contributed by atoms with van der Waals surface area (Å²) in [5, 5.41) is 0.794. The Morgan fingerprint density at radius 1 is 1.03 bits per heavy atom. The smallest absolute Gasteiger partial charge is 0.266 e. The molecule has 6 nitrogen and oxygen atoms in total. The van der Waals surface area contributed by atoms with Crippen molar-refractivity contribution in [2.75, 3.05) is 27.9 Å². The molecule has 1 saturated heterocycles. The highest BCUT2D eigenvalue weighted by Gasteiger charge is 2.32. The molecule has 1 unspecified atom stereocenters. The third kappa shape index (κ3) is 4.10. The molecule has 0 bridgehead atoms. The van der Waals surface area contributed by atoms with E-state index in [1.165, 1.54) is 11.3 Å². The maximum absolute atomic E-state index is 13.5. The maximum Gasteiger partial charge on any atom is 0.266 e. The predicted octanol–water partition coefficient (Wildman–Crippen LogP) is 5.12. The Morgan fingerprint density at radius 2 is 1.77 bits per heavy atom. The number of amides is 1. The van der Waals surface area contributed by atoms with Crippen molar-refractivity contribution in [3.63, 3.8) is 0 Å². The summed E-state index contributed by atoms with van der Waals surface area (Å²) >= 11 is 1.42. The number of carbonyl (C=O) groups is 1. The Hall–Kier alpha value is -3.06. The minimum atomic E-state index is 0.0417. The van der Waals surface area contributed by atoms with Crippen LogP contribution in [0.2, 0.25) is 0 Å². The average Bonchev–Trinajstić information content (AvgIpc) is 3.45. The highest BCUT2D eigenvalue weighted by Crippen LogP contribution is 2.38. The van der Waals surface area contributed by atoms with Gasteiger partial charge in [0.15, 0.2) is 11.5 Å². The van der Waals surface area contributed by atoms with Gasteiger partial charge in [-0.3, -0.25) is 4.79 Å². The number of hydrogen-bond acceptors (Lipinski definition) is 6. The number of benzene rings is 2. The first-order chi connectivity index (χ1) is 15.0. The number of nitrogens with zero attached hydrogens (tertiary/aromatic N) is 2. The van der Waals surface area contributed by atoms with Gasteiger partial charge in [-0.05, 0) is 55.7 Å². The lowest BCUT2D eigenvalue weighted by Crippen LogP contribution is -2.30. The van der Waals surface area contributed by atoms with E-state index in [0.717, 1.165) is 47.0 Å². The van der Waals surface area contributed by atoms with Gasteiger partial charge in [0.1, 0.15) is 15.6 Å². The van der Waals surface area contributed by atoms with E-state index in [9.17, 15) is 4.79 Å². The molecule has 7 heteroatoms. The number of likely N-dealkylation sites (tertiary alicyclic amines) is 1. The van der Waals surface area contributed by atoms with Gasteiger partial charge < -0.3 is 19.1 Å². The van der Waals surface area contributed by atoms with Crippen molar-refractivity contribution in [3.05, 3.63) is 58.6 Å². The van der Waals surface area contributed by atoms with Crippen LogP contribution in [0.4, 0.5) is 0 Å². The predicted molar refractivity (Wildman–Crippen MR) is 121 cm³/mol. The molecule has 2 heterocycles. The van der Waals surface area contributed by atoms with E-state index in [1.54, 1.807) is 21.3 Å². The summed E-state index contributed by atoms with van der Waals surface area (Å²) in [6, 6.07) is 13.7. The highest BCUT2D eigenvalue weighted by atomic mass is 32.1. The Balaban J connectivity index is 1.61. The molecule has 162 valence electrons. The molecule has 0 aliphatic carbocycles. The number of ether oxygens (including phenoxy) is 3. The second kappa shape index (κ2) is 8.98. The minimum absolute atomic E-state index is 0.0417. The highest BCUT2D eigenvalue weighted by molar-refractivity contribution is 7.17. The fourth-order valence-corrected chi connectivity index (χ4v) is 5.02. The standard InChI is InChI=1S/C24H26N2O4S/c1-15-22(31-23(25-15)17-9-12-20(29-3)21(14-17)30-4)24(27)26-13-5-6-19(26)16-7-10-18(28-2)11-8-16/h7-12,14,19H,5-6,13H2,1-4H3. The van der Waals surface area contributed by atoms with Gasteiger partial charge in [-0.25, -0.2) is 4.98 Å². The topological polar surface area (TPSA) is 60.9 Å². The van der Waals surface area contributed by atoms with E-state index in [2.05, 4.69) is 4.98 Å². The molecule has 1 fully saturated rings. The summed E-state index contributed by atoms with van der Waals surface area (Å²) in [4.78, 5) is 20.8. The van der Waals surface area contributed by atoms with Gasteiger partial charge in [0.25, 0.3) is 5.91 Å². The maximum atomic E-state index is 13.5. The van der Waals surface area contributed by atoms with Crippen LogP contribution < -0.4 is 14.2 Å². The lowest BCUT2D eigenvalue weighted by Gasteiger charge is -2.25. The van der Waals surface area contributed by atoms with E-state index in [4.69, 9.17) is 14.2 Å². The van der Waals surface area contributed by atoms with Crippen molar-refractivity contribution in [1.82, 2.24) is 9.88 Å². The summed E-state index contributed by atoms with van der Waals surface area (Å²) in [7, 11) is 4.87. The zero-order valence-corrected chi connectivity index (χ0v) is 19.0. The van der Waals surface area contributed by atoms with E-state index < -0.39 is 0 Å². The first-order valence-corrected chi connectivity index (χ1v) is 11.0. The van der Waals surface area contributed by atoms with Gasteiger partial charge in [0.2, 0.25) is 0 Å². The molecule has 2 aromatic carbocycles. The summed E-state index contributed by atoms with van der Waals surface area (Å²) in [6.07, 6.45) is 1.95. The first kappa shape index (κ1) is 21.2. The average molecular weight is 439 g/mol. The van der Waals surface area contributed by atoms with Crippen LogP contribution in [0.15, 0.2) is 42.5 Å². The molecule has 1 aliphatic heterocycles. The van der Waals surface area contributed by atoms with E-state index >= 15 is 0 Å². The van der Waals surface area contributed by atoms with Gasteiger partial charge in [0.05, 0.1) is 33.1 Å². The van der Waals surface area contributed by atoms with Gasteiger partial charge in [-0.15, -0.1) is 11.3 Å². The van der Waals surface area contributed by atoms with Crippen LogP contribution in [0, 0.1) is 6.92 Å². The van der Waals surface area contributed by atoms with Crippen LogP contribution in [-0.2, 0) is 0 Å². The zero-order valence-electron chi connectivity index (χ0n) is 18.2. The molecule has 4 rings (SSSR count). The van der Waals surface area contributed by atoms with Crippen LogP contribution in [-0.4, -0.2) is 43.7 Å². The third-order valence-electron chi connectivity index (χ3n) is 5.64. The van der Waals surface area contributed by atoms with Crippen LogP contribution >= 0.6 is 11.3 Å². The minimum Gasteiger partial charge on any atom is -0.497 e. The van der Waals surface area contributed by atoms with Gasteiger partial charge >= 0.3 is 0 Å². The van der Waals surface area contributed by atoms with Crippen molar-refractivity contribution in [1.29, 1.82) is 0 Å². The lowest BCUT2D eigenvalue weighted by atomic mass is 10.0. The molecule has 1 aliphatic rings. The molecule has 1 atom stereocenters. The number of carbonyl (C=O) groups excluding carboxylic acids is 1. The SMILES string of the molecule is COc1ccc(C2CCCN2C(=O)c2sc(-c3ccc(OC)c(OC)c3)nc2C)cc1. The largest absolute Gasteiger partial charge is 0.497 e. The molecule has 1 aromatic heterocycles. The number of rotatable bonds is 6. The third-order valence-corrected chi connectivity index (χ3v) is 6.83. The van der Waals surface area contributed by atoms with Crippen LogP contribution in [0.5, 0.6) is 17.2 Å². The molecule has 0 saturated carbocycles. The first-order valence-electron chi connectivity index (χ1n) is 10.2. The van der Waals surface area contributed by atoms with Crippen molar-refractivity contribution >= 4 is 17.2 Å². The summed E-state index contributed by atoms with van der Waals surface area (Å²) < 4.78 is 16.0. The van der Waals surface area contributed by atoms with E-state index in [0.29, 0.717) is 16.4 Å². The van der Waals surface area contributed by atoms with Gasteiger partial charge in [0, 0.05) is 12.1 Å². The van der Waals surface area contributed by atoms with Crippen molar-refractivity contribution in [2.24, 2.45) is 0 Å². The molecule has 3 aromatic rings. The van der Waals surface area contributed by atoms with Gasteiger partial charge in [-0.1, -0.05) is 12.1 Å². The van der Waals surface area contributed by atoms with E-state index in [-0.39, 0.29) is 11.9 Å². The number of aryl methyl sites for hydroxylation is 1.